The standard InChI is InChI=1S/C18H17BrN2O4/c1-3-20-14-8-12(4-6-15(14)25-10-17(20)23)18(24)11(2)21-9-13(19)5-7-16(21)22/h4-9,11H,3,10H2,1-2H3. The van der Waals surface area contributed by atoms with Crippen molar-refractivity contribution in [2.75, 3.05) is 18.1 Å². The first-order valence-electron chi connectivity index (χ1n) is 7.91. The van der Waals surface area contributed by atoms with Gasteiger partial charge >= 0.3 is 0 Å². The lowest BCUT2D eigenvalue weighted by Crippen LogP contribution is -2.38. The summed E-state index contributed by atoms with van der Waals surface area (Å²) in [5, 5.41) is 0. The first-order valence-corrected chi connectivity index (χ1v) is 8.70. The van der Waals surface area contributed by atoms with E-state index in [1.54, 1.807) is 42.3 Å². The highest BCUT2D eigenvalue weighted by molar-refractivity contribution is 9.10. The van der Waals surface area contributed by atoms with E-state index in [2.05, 4.69) is 15.9 Å². The van der Waals surface area contributed by atoms with Gasteiger partial charge in [0, 0.05) is 28.8 Å². The lowest BCUT2D eigenvalue weighted by Gasteiger charge is -2.28. The number of aromatic nitrogens is 1. The average Bonchev–Trinajstić information content (AvgIpc) is 2.62. The van der Waals surface area contributed by atoms with E-state index in [-0.39, 0.29) is 23.9 Å². The van der Waals surface area contributed by atoms with E-state index in [0.717, 1.165) is 0 Å². The first kappa shape index (κ1) is 17.4. The molecule has 0 bridgehead atoms. The number of ketones is 1. The lowest BCUT2D eigenvalue weighted by molar-refractivity contribution is -0.121. The molecule has 1 aliphatic rings. The van der Waals surface area contributed by atoms with Crippen molar-refractivity contribution in [3.8, 4) is 5.75 Å². The van der Waals surface area contributed by atoms with Crippen LogP contribution in [0.2, 0.25) is 0 Å². The molecule has 0 radical (unpaired) electrons. The Kier molecular flexibility index (Phi) is 4.76. The second kappa shape index (κ2) is 6.84. The van der Waals surface area contributed by atoms with E-state index in [9.17, 15) is 14.4 Å². The highest BCUT2D eigenvalue weighted by atomic mass is 79.9. The summed E-state index contributed by atoms with van der Waals surface area (Å²) in [4.78, 5) is 38.5. The van der Waals surface area contributed by atoms with Gasteiger partial charge in [-0.05, 0) is 54.0 Å². The van der Waals surface area contributed by atoms with Crippen LogP contribution in [0.15, 0.2) is 45.8 Å². The molecule has 1 aromatic heterocycles. The number of fused-ring (bicyclic) bond motifs is 1. The van der Waals surface area contributed by atoms with Crippen molar-refractivity contribution in [3.63, 3.8) is 0 Å². The van der Waals surface area contributed by atoms with Crippen LogP contribution < -0.4 is 15.2 Å². The molecule has 1 unspecified atom stereocenters. The summed E-state index contributed by atoms with van der Waals surface area (Å²) in [7, 11) is 0. The zero-order valence-corrected chi connectivity index (χ0v) is 15.4. The van der Waals surface area contributed by atoms with Crippen LogP contribution in [-0.4, -0.2) is 29.4 Å². The molecule has 25 heavy (non-hydrogen) atoms. The number of hydrogen-bond acceptors (Lipinski definition) is 4. The van der Waals surface area contributed by atoms with Gasteiger partial charge in [0.1, 0.15) is 5.75 Å². The number of rotatable bonds is 4. The van der Waals surface area contributed by atoms with Gasteiger partial charge in [-0.25, -0.2) is 0 Å². The Bertz CT molecular complexity index is 906. The molecule has 1 aromatic carbocycles. The number of likely N-dealkylation sites (N-methyl/N-ethyl adjacent to an activating group) is 1. The zero-order chi connectivity index (χ0) is 18.1. The molecule has 1 atom stereocenters. The van der Waals surface area contributed by atoms with Crippen molar-refractivity contribution in [2.24, 2.45) is 0 Å². The number of pyridine rings is 1. The number of hydrogen-bond donors (Lipinski definition) is 0. The summed E-state index contributed by atoms with van der Waals surface area (Å²) in [6.45, 7) is 4.03. The van der Waals surface area contributed by atoms with Crippen LogP contribution in [0.3, 0.4) is 0 Å². The molecule has 1 aliphatic heterocycles. The number of carbonyl (C=O) groups excluding carboxylic acids is 2. The predicted molar refractivity (Wildman–Crippen MR) is 97.4 cm³/mol. The lowest BCUT2D eigenvalue weighted by atomic mass is 10.0. The Morgan fingerprint density at radius 2 is 2.04 bits per heavy atom. The SMILES string of the molecule is CCN1C(=O)COc2ccc(C(=O)C(C)n3cc(Br)ccc3=O)cc21. The molecule has 3 rings (SSSR count). The van der Waals surface area contributed by atoms with Crippen molar-refractivity contribution in [1.82, 2.24) is 4.57 Å². The average molecular weight is 405 g/mol. The fourth-order valence-electron chi connectivity index (χ4n) is 2.85. The molecule has 130 valence electrons. The second-order valence-corrected chi connectivity index (χ2v) is 6.66. The number of Topliss-reactive ketones (excluding diaryl/α,β-unsaturated/α-hetero) is 1. The number of anilines is 1. The number of benzene rings is 1. The van der Waals surface area contributed by atoms with Crippen LogP contribution >= 0.6 is 15.9 Å². The largest absolute Gasteiger partial charge is 0.482 e. The Hall–Kier alpha value is -2.41. The fourth-order valence-corrected chi connectivity index (χ4v) is 3.20. The fraction of sp³-hybridized carbons (Fsp3) is 0.278. The van der Waals surface area contributed by atoms with E-state index >= 15 is 0 Å². The normalized spacial score (nSPS) is 14.7. The summed E-state index contributed by atoms with van der Waals surface area (Å²) in [6, 6.07) is 7.37. The molecule has 0 saturated heterocycles. The second-order valence-electron chi connectivity index (χ2n) is 5.74. The summed E-state index contributed by atoms with van der Waals surface area (Å²) in [6.07, 6.45) is 1.59. The zero-order valence-electron chi connectivity index (χ0n) is 13.9. The van der Waals surface area contributed by atoms with Gasteiger partial charge in [-0.1, -0.05) is 0 Å². The minimum atomic E-state index is -0.668. The third kappa shape index (κ3) is 3.24. The summed E-state index contributed by atoms with van der Waals surface area (Å²) in [5.41, 5.74) is 0.754. The van der Waals surface area contributed by atoms with Gasteiger partial charge in [-0.3, -0.25) is 14.4 Å². The van der Waals surface area contributed by atoms with Gasteiger partial charge in [-0.2, -0.15) is 0 Å². The van der Waals surface area contributed by atoms with Crippen LogP contribution in [0.5, 0.6) is 5.75 Å². The molecule has 0 aliphatic carbocycles. The van der Waals surface area contributed by atoms with Gasteiger partial charge in [0.2, 0.25) is 0 Å². The molecule has 7 heteroatoms. The van der Waals surface area contributed by atoms with Crippen LogP contribution in [0.4, 0.5) is 5.69 Å². The molecule has 0 fully saturated rings. The Morgan fingerprint density at radius 3 is 2.76 bits per heavy atom. The third-order valence-electron chi connectivity index (χ3n) is 4.20. The van der Waals surface area contributed by atoms with Crippen LogP contribution in [0, 0.1) is 0 Å². The maximum absolute atomic E-state index is 12.9. The molecule has 0 spiro atoms. The highest BCUT2D eigenvalue weighted by Crippen LogP contribution is 2.33. The summed E-state index contributed by atoms with van der Waals surface area (Å²) < 4.78 is 7.51. The van der Waals surface area contributed by atoms with E-state index < -0.39 is 6.04 Å². The minimum Gasteiger partial charge on any atom is -0.482 e. The maximum atomic E-state index is 12.9. The van der Waals surface area contributed by atoms with Gasteiger partial charge in [0.25, 0.3) is 11.5 Å². The van der Waals surface area contributed by atoms with E-state index in [1.165, 1.54) is 10.6 Å². The number of nitrogens with zero attached hydrogens (tertiary/aromatic N) is 2. The Morgan fingerprint density at radius 1 is 1.28 bits per heavy atom. The van der Waals surface area contributed by atoms with Crippen molar-refractivity contribution in [3.05, 3.63) is 56.9 Å². The van der Waals surface area contributed by atoms with Gasteiger partial charge in [0.05, 0.1) is 11.7 Å². The number of halogens is 1. The van der Waals surface area contributed by atoms with Crippen molar-refractivity contribution in [2.45, 2.75) is 19.9 Å². The molecule has 0 saturated carbocycles. The minimum absolute atomic E-state index is 0.00201. The van der Waals surface area contributed by atoms with E-state index in [1.807, 2.05) is 6.92 Å². The Labute approximate surface area is 153 Å². The number of amides is 1. The first-order chi connectivity index (χ1) is 11.9. The molecule has 1 amide bonds. The van der Waals surface area contributed by atoms with Crippen molar-refractivity contribution < 1.29 is 14.3 Å². The van der Waals surface area contributed by atoms with Crippen LogP contribution in [0.1, 0.15) is 30.2 Å². The third-order valence-corrected chi connectivity index (χ3v) is 4.67. The molecule has 2 heterocycles. The van der Waals surface area contributed by atoms with Crippen molar-refractivity contribution >= 4 is 33.3 Å². The topological polar surface area (TPSA) is 68.6 Å². The quantitative estimate of drug-likeness (QED) is 0.734. The van der Waals surface area contributed by atoms with E-state index in [0.29, 0.717) is 28.0 Å². The summed E-state index contributed by atoms with van der Waals surface area (Å²) in [5.74, 6) is 0.221. The maximum Gasteiger partial charge on any atom is 0.265 e. The van der Waals surface area contributed by atoms with Crippen molar-refractivity contribution in [1.29, 1.82) is 0 Å². The van der Waals surface area contributed by atoms with Gasteiger partial charge in [0.15, 0.2) is 12.4 Å². The smallest absolute Gasteiger partial charge is 0.265 e. The van der Waals surface area contributed by atoms with Gasteiger partial charge < -0.3 is 14.2 Å². The molecular weight excluding hydrogens is 388 g/mol. The van der Waals surface area contributed by atoms with Crippen LogP contribution in [0.25, 0.3) is 0 Å². The molecule has 6 nitrogen and oxygen atoms in total. The molecule has 2 aromatic rings. The highest BCUT2D eigenvalue weighted by Gasteiger charge is 2.26. The monoisotopic (exact) mass is 404 g/mol. The predicted octanol–water partition coefficient (Wildman–Crippen LogP) is 2.80. The Balaban J connectivity index is 1.98. The van der Waals surface area contributed by atoms with E-state index in [4.69, 9.17) is 4.74 Å². The summed E-state index contributed by atoms with van der Waals surface area (Å²) >= 11 is 3.31. The van der Waals surface area contributed by atoms with Gasteiger partial charge in [-0.15, -0.1) is 0 Å². The number of ether oxygens (including phenoxy) is 1. The number of carbonyl (C=O) groups is 2. The van der Waals surface area contributed by atoms with Crippen LogP contribution in [-0.2, 0) is 4.79 Å². The molecular formula is C18H17BrN2O4. The molecule has 0 N–H and O–H groups in total.